The second-order valence-corrected chi connectivity index (χ2v) is 1.39. The molecule has 0 aliphatic carbocycles. The summed E-state index contributed by atoms with van der Waals surface area (Å²) < 4.78 is 1.71. The molecule has 0 saturated heterocycles. The van der Waals surface area contributed by atoms with E-state index in [2.05, 4.69) is 4.98 Å². The van der Waals surface area contributed by atoms with Crippen LogP contribution in [-0.2, 0) is 6.54 Å². The van der Waals surface area contributed by atoms with E-state index in [4.69, 9.17) is 5.11 Å². The van der Waals surface area contributed by atoms with Crippen molar-refractivity contribution in [3.63, 3.8) is 0 Å². The summed E-state index contributed by atoms with van der Waals surface area (Å²) in [6.45, 7) is 2.38. The summed E-state index contributed by atoms with van der Waals surface area (Å²) in [6.07, 6.45) is 5.02. The molecule has 0 fully saturated rings. The highest BCUT2D eigenvalue weighted by molar-refractivity contribution is 4.74. The smallest absolute Gasteiger partial charge is 0.149 e. The first-order chi connectivity index (χ1) is 3.93. The molecule has 0 bridgehead atoms. The SMILES string of the molecule is O[C]Cn1ccnc1. The Morgan fingerprint density at radius 1 is 1.75 bits per heavy atom. The second kappa shape index (κ2) is 2.47. The average Bonchev–Trinajstić information content (AvgIpc) is 2.19. The number of hydrogen-bond acceptors (Lipinski definition) is 2. The number of aliphatic hydroxyl groups excluding tert-OH is 1. The Balaban J connectivity index is 2.50. The van der Waals surface area contributed by atoms with Crippen LogP contribution in [0, 0.1) is 6.61 Å². The summed E-state index contributed by atoms with van der Waals surface area (Å²) in [4.78, 5) is 3.75. The molecule has 1 N–H and O–H groups in total. The van der Waals surface area contributed by atoms with Crippen LogP contribution in [0.2, 0.25) is 0 Å². The van der Waals surface area contributed by atoms with Gasteiger partial charge in [0, 0.05) is 12.4 Å². The molecule has 0 spiro atoms. The van der Waals surface area contributed by atoms with Gasteiger partial charge in [-0.15, -0.1) is 0 Å². The van der Waals surface area contributed by atoms with Crippen molar-refractivity contribution in [2.75, 3.05) is 0 Å². The van der Waals surface area contributed by atoms with Gasteiger partial charge in [0.25, 0.3) is 0 Å². The first-order valence-electron chi connectivity index (χ1n) is 2.26. The number of aromatic nitrogens is 2. The van der Waals surface area contributed by atoms with Gasteiger partial charge in [-0.05, 0) is 0 Å². The quantitative estimate of drug-likeness (QED) is 0.594. The van der Waals surface area contributed by atoms with Crippen molar-refractivity contribution in [3.8, 4) is 0 Å². The molecule has 0 aliphatic heterocycles. The lowest BCUT2D eigenvalue weighted by atomic mass is 10.7. The summed E-state index contributed by atoms with van der Waals surface area (Å²) in [5.74, 6) is 0. The third-order valence-electron chi connectivity index (χ3n) is 0.812. The Bertz CT molecular complexity index is 136. The Morgan fingerprint density at radius 2 is 2.62 bits per heavy atom. The monoisotopic (exact) mass is 110 g/mol. The van der Waals surface area contributed by atoms with Crippen LogP contribution in [0.25, 0.3) is 0 Å². The highest BCUT2D eigenvalue weighted by atomic mass is 16.3. The molecule has 3 heteroatoms. The summed E-state index contributed by atoms with van der Waals surface area (Å²) >= 11 is 0. The number of nitrogens with zero attached hydrogens (tertiary/aromatic N) is 2. The third kappa shape index (κ3) is 1.07. The normalized spacial score (nSPS) is 9.62. The van der Waals surface area contributed by atoms with Crippen molar-refractivity contribution in [2.45, 2.75) is 6.54 Å². The van der Waals surface area contributed by atoms with Crippen molar-refractivity contribution >= 4 is 0 Å². The molecule has 3 nitrogen and oxygen atoms in total. The number of imidazole rings is 1. The van der Waals surface area contributed by atoms with Crippen molar-refractivity contribution in [3.05, 3.63) is 25.3 Å². The van der Waals surface area contributed by atoms with E-state index in [1.165, 1.54) is 0 Å². The Labute approximate surface area is 47.6 Å². The van der Waals surface area contributed by atoms with Gasteiger partial charge in [0.2, 0.25) is 0 Å². The summed E-state index contributed by atoms with van der Waals surface area (Å²) in [5.41, 5.74) is 0. The molecule has 1 rings (SSSR count). The zero-order valence-electron chi connectivity index (χ0n) is 4.28. The molecule has 0 saturated carbocycles. The first-order valence-corrected chi connectivity index (χ1v) is 2.26. The maximum atomic E-state index is 8.14. The predicted octanol–water partition coefficient (Wildman–Crippen LogP) is 0.294. The van der Waals surface area contributed by atoms with Gasteiger partial charge in [-0.2, -0.15) is 0 Å². The third-order valence-corrected chi connectivity index (χ3v) is 0.812. The maximum absolute atomic E-state index is 8.14. The van der Waals surface area contributed by atoms with Crippen molar-refractivity contribution in [1.29, 1.82) is 0 Å². The van der Waals surface area contributed by atoms with E-state index in [-0.39, 0.29) is 0 Å². The van der Waals surface area contributed by atoms with Crippen molar-refractivity contribution < 1.29 is 5.11 Å². The Morgan fingerprint density at radius 3 is 3.12 bits per heavy atom. The lowest BCUT2D eigenvalue weighted by Crippen LogP contribution is -1.92. The lowest BCUT2D eigenvalue weighted by molar-refractivity contribution is 0.362. The van der Waals surface area contributed by atoms with Crippen LogP contribution in [0.1, 0.15) is 0 Å². The number of aliphatic hydroxyl groups is 1. The molecule has 0 unspecified atom stereocenters. The molecule has 2 radical (unpaired) electrons. The molecule has 1 heterocycles. The molecular formula is C5H6N2O. The maximum Gasteiger partial charge on any atom is 0.149 e. The van der Waals surface area contributed by atoms with Crippen molar-refractivity contribution in [1.82, 2.24) is 9.55 Å². The van der Waals surface area contributed by atoms with Crippen LogP contribution in [0.15, 0.2) is 18.7 Å². The van der Waals surface area contributed by atoms with E-state index in [0.29, 0.717) is 6.54 Å². The molecule has 1 aromatic rings. The van der Waals surface area contributed by atoms with E-state index >= 15 is 0 Å². The molecule has 0 amide bonds. The molecule has 0 aliphatic rings. The van der Waals surface area contributed by atoms with Crippen molar-refractivity contribution in [2.24, 2.45) is 0 Å². The van der Waals surface area contributed by atoms with Crippen LogP contribution in [0.4, 0.5) is 0 Å². The van der Waals surface area contributed by atoms with Gasteiger partial charge in [0.1, 0.15) is 6.61 Å². The minimum absolute atomic E-state index is 0.389. The fourth-order valence-electron chi connectivity index (χ4n) is 0.462. The van der Waals surface area contributed by atoms with Gasteiger partial charge in [0.05, 0.1) is 12.9 Å². The minimum Gasteiger partial charge on any atom is -0.382 e. The van der Waals surface area contributed by atoms with E-state index in [1.807, 2.05) is 6.61 Å². The Hall–Kier alpha value is -0.830. The second-order valence-electron chi connectivity index (χ2n) is 1.39. The lowest BCUT2D eigenvalue weighted by Gasteiger charge is -1.91. The Kier molecular flexibility index (Phi) is 1.64. The van der Waals surface area contributed by atoms with E-state index in [0.717, 1.165) is 0 Å². The van der Waals surface area contributed by atoms with Gasteiger partial charge in [-0.1, -0.05) is 0 Å². The fourth-order valence-corrected chi connectivity index (χ4v) is 0.462. The topological polar surface area (TPSA) is 38.0 Å². The standard InChI is InChI=1S/C5H6N2O/c8-4-3-7-2-1-6-5-7/h1-2,5,8H,3H2. The fraction of sp³-hybridized carbons (Fsp3) is 0.200. The highest BCUT2D eigenvalue weighted by Crippen LogP contribution is 1.84. The van der Waals surface area contributed by atoms with Crippen LogP contribution in [-0.4, -0.2) is 14.7 Å². The van der Waals surface area contributed by atoms with Gasteiger partial charge in [0.15, 0.2) is 0 Å². The van der Waals surface area contributed by atoms with E-state index < -0.39 is 0 Å². The molecule has 42 valence electrons. The summed E-state index contributed by atoms with van der Waals surface area (Å²) in [7, 11) is 0. The zero-order chi connectivity index (χ0) is 5.82. The molecule has 1 aromatic heterocycles. The number of hydrogen-bond donors (Lipinski definition) is 1. The van der Waals surface area contributed by atoms with Gasteiger partial charge < -0.3 is 9.67 Å². The summed E-state index contributed by atoms with van der Waals surface area (Å²) in [6, 6.07) is 0. The van der Waals surface area contributed by atoms with Gasteiger partial charge in [-0.25, -0.2) is 4.98 Å². The van der Waals surface area contributed by atoms with Crippen LogP contribution in [0.3, 0.4) is 0 Å². The van der Waals surface area contributed by atoms with E-state index in [1.54, 1.807) is 23.3 Å². The average molecular weight is 110 g/mol. The largest absolute Gasteiger partial charge is 0.382 e. The van der Waals surface area contributed by atoms with Gasteiger partial charge in [-0.3, -0.25) is 0 Å². The van der Waals surface area contributed by atoms with Gasteiger partial charge >= 0.3 is 0 Å². The number of rotatable bonds is 2. The minimum atomic E-state index is 0.389. The highest BCUT2D eigenvalue weighted by Gasteiger charge is 1.84. The van der Waals surface area contributed by atoms with Crippen LogP contribution < -0.4 is 0 Å². The molecule has 0 aromatic carbocycles. The summed E-state index contributed by atoms with van der Waals surface area (Å²) in [5, 5.41) is 8.14. The predicted molar refractivity (Wildman–Crippen MR) is 27.4 cm³/mol. The molecule has 8 heavy (non-hydrogen) atoms. The van der Waals surface area contributed by atoms with E-state index in [9.17, 15) is 0 Å². The first kappa shape index (κ1) is 5.31. The molecular weight excluding hydrogens is 104 g/mol. The van der Waals surface area contributed by atoms with Crippen LogP contribution in [0.5, 0.6) is 0 Å². The zero-order valence-corrected chi connectivity index (χ0v) is 4.28. The van der Waals surface area contributed by atoms with Crippen LogP contribution >= 0.6 is 0 Å². The molecule has 0 atom stereocenters.